The number of hydrogen-bond donors (Lipinski definition) is 1. The van der Waals surface area contributed by atoms with E-state index in [-0.39, 0.29) is 17.8 Å². The van der Waals surface area contributed by atoms with Crippen LogP contribution in [0.2, 0.25) is 0 Å². The zero-order valence-electron chi connectivity index (χ0n) is 13.3. The van der Waals surface area contributed by atoms with Gasteiger partial charge in [0.25, 0.3) is 5.91 Å². The highest BCUT2D eigenvalue weighted by Crippen LogP contribution is 2.15. The van der Waals surface area contributed by atoms with Gasteiger partial charge in [-0.3, -0.25) is 4.79 Å². The highest BCUT2D eigenvalue weighted by molar-refractivity contribution is 5.81. The fourth-order valence-electron chi connectivity index (χ4n) is 2.69. The van der Waals surface area contributed by atoms with E-state index in [1.165, 1.54) is 12.1 Å². The molecule has 0 spiro atoms. The van der Waals surface area contributed by atoms with Crippen molar-refractivity contribution >= 4 is 5.91 Å². The number of nitrogens with zero attached hydrogens (tertiary/aromatic N) is 1. The van der Waals surface area contributed by atoms with Gasteiger partial charge in [-0.15, -0.1) is 0 Å². The number of piperidine rings is 1. The summed E-state index contributed by atoms with van der Waals surface area (Å²) in [5.74, 6) is 0.124. The van der Waals surface area contributed by atoms with Gasteiger partial charge in [-0.25, -0.2) is 4.39 Å². The lowest BCUT2D eigenvalue weighted by molar-refractivity contribution is -0.129. The molecule has 0 bridgehead atoms. The van der Waals surface area contributed by atoms with Crippen molar-refractivity contribution in [3.8, 4) is 5.75 Å². The summed E-state index contributed by atoms with van der Waals surface area (Å²) in [5.41, 5.74) is 0. The number of carbonyl (C=O) groups excluding carboxylic acids is 1. The highest BCUT2D eigenvalue weighted by atomic mass is 19.1. The minimum absolute atomic E-state index is 0.0817. The van der Waals surface area contributed by atoms with Gasteiger partial charge in [-0.2, -0.15) is 0 Å². The fraction of sp³-hybridized carbons (Fsp3) is 0.588. The molecule has 1 aromatic carbocycles. The van der Waals surface area contributed by atoms with Crippen molar-refractivity contribution in [3.05, 3.63) is 30.1 Å². The summed E-state index contributed by atoms with van der Waals surface area (Å²) in [4.78, 5) is 14.7. The first-order chi connectivity index (χ1) is 10.6. The largest absolute Gasteiger partial charge is 0.481 e. The lowest BCUT2D eigenvalue weighted by Gasteiger charge is -2.32. The van der Waals surface area contributed by atoms with Crippen LogP contribution in [0.1, 0.15) is 33.1 Å². The predicted molar refractivity (Wildman–Crippen MR) is 84.4 cm³/mol. The van der Waals surface area contributed by atoms with Gasteiger partial charge in [0.05, 0.1) is 0 Å². The molecule has 1 aromatic rings. The summed E-state index contributed by atoms with van der Waals surface area (Å²) in [7, 11) is 0. The second-order valence-corrected chi connectivity index (χ2v) is 5.69. The van der Waals surface area contributed by atoms with E-state index in [2.05, 4.69) is 17.1 Å². The highest BCUT2D eigenvalue weighted by Gasteiger charge is 2.24. The molecule has 0 aromatic heterocycles. The molecule has 0 radical (unpaired) electrons. The third-order valence-electron chi connectivity index (χ3n) is 4.14. The summed E-state index contributed by atoms with van der Waals surface area (Å²) in [6.07, 6.45) is 2.01. The van der Waals surface area contributed by atoms with Crippen molar-refractivity contribution in [1.29, 1.82) is 0 Å². The Morgan fingerprint density at radius 3 is 2.50 bits per heavy atom. The molecule has 0 aliphatic carbocycles. The van der Waals surface area contributed by atoms with Crippen LogP contribution in [-0.2, 0) is 4.79 Å². The standard InChI is InChI=1S/C17H25FN2O2/c1-3-16(22-15-7-5-13(18)6-8-15)17(21)19-14-9-11-20(4-2)12-10-14/h5-8,14,16H,3-4,9-12H2,1-2H3,(H,19,21)/t16-/m0/s1. The fourth-order valence-corrected chi connectivity index (χ4v) is 2.69. The van der Waals surface area contributed by atoms with Crippen LogP contribution in [0.25, 0.3) is 0 Å². The monoisotopic (exact) mass is 308 g/mol. The summed E-state index contributed by atoms with van der Waals surface area (Å²) in [6.45, 7) is 7.18. The molecule has 1 fully saturated rings. The van der Waals surface area contributed by atoms with Crippen molar-refractivity contribution in [3.63, 3.8) is 0 Å². The predicted octanol–water partition coefficient (Wildman–Crippen LogP) is 2.58. The lowest BCUT2D eigenvalue weighted by Crippen LogP contribution is -2.48. The van der Waals surface area contributed by atoms with Crippen molar-refractivity contribution in [2.45, 2.75) is 45.3 Å². The maximum Gasteiger partial charge on any atom is 0.261 e. The van der Waals surface area contributed by atoms with Crippen LogP contribution in [0.5, 0.6) is 5.75 Å². The molecule has 1 aliphatic rings. The molecule has 4 nitrogen and oxygen atoms in total. The van der Waals surface area contributed by atoms with Crippen LogP contribution >= 0.6 is 0 Å². The van der Waals surface area contributed by atoms with Crippen molar-refractivity contribution in [2.75, 3.05) is 19.6 Å². The number of hydrogen-bond acceptors (Lipinski definition) is 3. The topological polar surface area (TPSA) is 41.6 Å². The number of nitrogens with one attached hydrogen (secondary N) is 1. The molecule has 5 heteroatoms. The molecule has 1 saturated heterocycles. The Kier molecular flexibility index (Phi) is 6.19. The quantitative estimate of drug-likeness (QED) is 0.878. The van der Waals surface area contributed by atoms with Crippen LogP contribution in [0, 0.1) is 5.82 Å². The summed E-state index contributed by atoms with van der Waals surface area (Å²) in [5, 5.41) is 3.08. The van der Waals surface area contributed by atoms with E-state index in [1.54, 1.807) is 12.1 Å². The molecule has 1 atom stereocenters. The molecule has 0 saturated carbocycles. The van der Waals surface area contributed by atoms with Gasteiger partial charge in [-0.05, 0) is 50.1 Å². The zero-order valence-corrected chi connectivity index (χ0v) is 13.3. The average Bonchev–Trinajstić information content (AvgIpc) is 2.55. The summed E-state index contributed by atoms with van der Waals surface area (Å²) < 4.78 is 18.6. The van der Waals surface area contributed by atoms with Crippen LogP contribution in [0.3, 0.4) is 0 Å². The smallest absolute Gasteiger partial charge is 0.261 e. The number of carbonyl (C=O) groups is 1. The number of ether oxygens (including phenoxy) is 1. The van der Waals surface area contributed by atoms with E-state index in [0.717, 1.165) is 32.5 Å². The molecular weight excluding hydrogens is 283 g/mol. The van der Waals surface area contributed by atoms with Gasteiger partial charge >= 0.3 is 0 Å². The average molecular weight is 308 g/mol. The Morgan fingerprint density at radius 2 is 1.95 bits per heavy atom. The Balaban J connectivity index is 1.85. The first-order valence-corrected chi connectivity index (χ1v) is 8.07. The number of likely N-dealkylation sites (tertiary alicyclic amines) is 1. The number of benzene rings is 1. The Morgan fingerprint density at radius 1 is 1.32 bits per heavy atom. The normalized spacial score (nSPS) is 18.0. The number of amides is 1. The molecule has 22 heavy (non-hydrogen) atoms. The Labute approximate surface area is 131 Å². The molecule has 122 valence electrons. The molecule has 0 unspecified atom stereocenters. The lowest BCUT2D eigenvalue weighted by atomic mass is 10.0. The van der Waals surface area contributed by atoms with Gasteiger partial charge < -0.3 is 15.0 Å². The van der Waals surface area contributed by atoms with E-state index >= 15 is 0 Å². The summed E-state index contributed by atoms with van der Waals surface area (Å²) in [6, 6.07) is 5.98. The van der Waals surface area contributed by atoms with Crippen LogP contribution in [0.15, 0.2) is 24.3 Å². The van der Waals surface area contributed by atoms with Gasteiger partial charge in [0.15, 0.2) is 6.10 Å². The number of rotatable bonds is 6. The maximum atomic E-state index is 12.9. The van der Waals surface area contributed by atoms with Gasteiger partial charge in [0, 0.05) is 19.1 Å². The van der Waals surface area contributed by atoms with Crippen molar-refractivity contribution in [2.24, 2.45) is 0 Å². The van der Waals surface area contributed by atoms with Crippen LogP contribution < -0.4 is 10.1 Å². The van der Waals surface area contributed by atoms with Crippen LogP contribution in [0.4, 0.5) is 4.39 Å². The minimum atomic E-state index is -0.533. The Hall–Kier alpha value is -1.62. The SMILES string of the molecule is CC[C@H](Oc1ccc(F)cc1)C(=O)NC1CCN(CC)CC1. The number of halogens is 1. The van der Waals surface area contributed by atoms with E-state index in [4.69, 9.17) is 4.74 Å². The van der Waals surface area contributed by atoms with Gasteiger partial charge in [-0.1, -0.05) is 13.8 Å². The summed E-state index contributed by atoms with van der Waals surface area (Å²) >= 11 is 0. The maximum absolute atomic E-state index is 12.9. The zero-order chi connectivity index (χ0) is 15.9. The van der Waals surface area contributed by atoms with Crippen LogP contribution in [-0.4, -0.2) is 42.6 Å². The first kappa shape index (κ1) is 16.7. The first-order valence-electron chi connectivity index (χ1n) is 8.07. The van der Waals surface area contributed by atoms with Crippen molar-refractivity contribution < 1.29 is 13.9 Å². The van der Waals surface area contributed by atoms with E-state index in [1.807, 2.05) is 6.92 Å². The van der Waals surface area contributed by atoms with Gasteiger partial charge in [0.2, 0.25) is 0 Å². The van der Waals surface area contributed by atoms with E-state index < -0.39 is 6.10 Å². The molecule has 1 aliphatic heterocycles. The van der Waals surface area contributed by atoms with Crippen molar-refractivity contribution in [1.82, 2.24) is 10.2 Å². The molecule has 2 rings (SSSR count). The molecule has 1 N–H and O–H groups in total. The molecular formula is C17H25FN2O2. The third-order valence-corrected chi connectivity index (χ3v) is 4.14. The second-order valence-electron chi connectivity index (χ2n) is 5.69. The second kappa shape index (κ2) is 8.13. The van der Waals surface area contributed by atoms with Gasteiger partial charge in [0.1, 0.15) is 11.6 Å². The third kappa shape index (κ3) is 4.70. The minimum Gasteiger partial charge on any atom is -0.481 e. The van der Waals surface area contributed by atoms with E-state index in [9.17, 15) is 9.18 Å². The molecule has 1 amide bonds. The Bertz CT molecular complexity index is 470. The molecule has 1 heterocycles. The van der Waals surface area contributed by atoms with E-state index in [0.29, 0.717) is 12.2 Å².